The monoisotopic (exact) mass is 262 g/mol. The molecule has 5 heteroatoms. The zero-order chi connectivity index (χ0) is 13.8. The van der Waals surface area contributed by atoms with Gasteiger partial charge in [-0.05, 0) is 38.6 Å². The first kappa shape index (κ1) is 13.8. The maximum atomic E-state index is 9.25. The first-order valence-corrected chi connectivity index (χ1v) is 6.65. The lowest BCUT2D eigenvalue weighted by Gasteiger charge is -2.16. The van der Waals surface area contributed by atoms with Crippen molar-refractivity contribution in [3.63, 3.8) is 0 Å². The number of aromatic nitrogens is 2. The molecule has 5 nitrogen and oxygen atoms in total. The number of nitrogens with one attached hydrogen (secondary N) is 1. The second-order valence-corrected chi connectivity index (χ2v) is 5.15. The molecule has 1 unspecified atom stereocenters. The van der Waals surface area contributed by atoms with Crippen molar-refractivity contribution in [2.45, 2.75) is 25.9 Å². The molecule has 104 valence electrons. The van der Waals surface area contributed by atoms with Crippen molar-refractivity contribution < 1.29 is 5.11 Å². The number of likely N-dealkylation sites (N-methyl/N-ethyl adjacent to an activating group) is 1. The second kappa shape index (κ2) is 6.04. The summed E-state index contributed by atoms with van der Waals surface area (Å²) in [6, 6.07) is 5.70. The van der Waals surface area contributed by atoms with Gasteiger partial charge in [0.25, 0.3) is 0 Å². The van der Waals surface area contributed by atoms with Crippen molar-refractivity contribution >= 4 is 16.7 Å². The van der Waals surface area contributed by atoms with E-state index < -0.39 is 0 Å². The largest absolute Gasteiger partial charge is 0.399 e. The summed E-state index contributed by atoms with van der Waals surface area (Å²) in [5.41, 5.74) is 8.43. The quantitative estimate of drug-likeness (QED) is 0.687. The van der Waals surface area contributed by atoms with Crippen LogP contribution in [0.1, 0.15) is 19.2 Å². The van der Waals surface area contributed by atoms with Gasteiger partial charge in [0, 0.05) is 25.2 Å². The summed E-state index contributed by atoms with van der Waals surface area (Å²) >= 11 is 0. The maximum absolute atomic E-state index is 9.25. The molecule has 1 heterocycles. The van der Waals surface area contributed by atoms with Gasteiger partial charge in [-0.2, -0.15) is 0 Å². The van der Waals surface area contributed by atoms with Gasteiger partial charge < -0.3 is 20.7 Å². The highest BCUT2D eigenvalue weighted by Gasteiger charge is 2.06. The highest BCUT2D eigenvalue weighted by molar-refractivity contribution is 5.78. The molecule has 0 bridgehead atoms. The molecule has 0 spiro atoms. The Labute approximate surface area is 113 Å². The van der Waals surface area contributed by atoms with Crippen LogP contribution in [0.3, 0.4) is 0 Å². The van der Waals surface area contributed by atoms with Gasteiger partial charge in [-0.15, -0.1) is 0 Å². The lowest BCUT2D eigenvalue weighted by Crippen LogP contribution is -2.25. The van der Waals surface area contributed by atoms with Crippen LogP contribution in [-0.4, -0.2) is 46.2 Å². The molecule has 0 amide bonds. The second-order valence-electron chi connectivity index (χ2n) is 5.15. The minimum absolute atomic E-state index is 0.239. The van der Waals surface area contributed by atoms with Crippen molar-refractivity contribution in [3.05, 3.63) is 24.0 Å². The van der Waals surface area contributed by atoms with Crippen LogP contribution < -0.4 is 5.73 Å². The average molecular weight is 262 g/mol. The first-order chi connectivity index (χ1) is 9.04. The van der Waals surface area contributed by atoms with Crippen molar-refractivity contribution in [1.29, 1.82) is 0 Å². The molecule has 1 atom stereocenters. The van der Waals surface area contributed by atoms with E-state index in [1.807, 2.05) is 25.1 Å². The molecule has 0 aliphatic rings. The van der Waals surface area contributed by atoms with Crippen LogP contribution in [0, 0.1) is 0 Å². The summed E-state index contributed by atoms with van der Waals surface area (Å²) in [6.45, 7) is 3.63. The van der Waals surface area contributed by atoms with Gasteiger partial charge in [-0.25, -0.2) is 4.98 Å². The number of hydrogen-bond acceptors (Lipinski definition) is 4. The number of rotatable bonds is 6. The summed E-state index contributed by atoms with van der Waals surface area (Å²) in [6.07, 6.45) is 1.43. The third kappa shape index (κ3) is 3.94. The molecule has 0 saturated carbocycles. The van der Waals surface area contributed by atoms with Gasteiger partial charge in [0.1, 0.15) is 5.82 Å². The fourth-order valence-electron chi connectivity index (χ4n) is 2.01. The molecule has 0 aliphatic carbocycles. The van der Waals surface area contributed by atoms with Gasteiger partial charge in [-0.1, -0.05) is 0 Å². The predicted octanol–water partition coefficient (Wildman–Crippen LogP) is 1.39. The molecule has 2 rings (SSSR count). The van der Waals surface area contributed by atoms with Crippen molar-refractivity contribution in [1.82, 2.24) is 14.9 Å². The summed E-state index contributed by atoms with van der Waals surface area (Å²) in [4.78, 5) is 10.0. The van der Waals surface area contributed by atoms with Crippen LogP contribution in [0.15, 0.2) is 18.2 Å². The third-order valence-electron chi connectivity index (χ3n) is 3.21. The van der Waals surface area contributed by atoms with E-state index in [9.17, 15) is 5.11 Å². The lowest BCUT2D eigenvalue weighted by molar-refractivity contribution is 0.164. The Kier molecular flexibility index (Phi) is 4.39. The van der Waals surface area contributed by atoms with Gasteiger partial charge in [0.2, 0.25) is 0 Å². The number of nitrogens with two attached hydrogens (primary N) is 1. The zero-order valence-electron chi connectivity index (χ0n) is 11.6. The molecule has 19 heavy (non-hydrogen) atoms. The van der Waals surface area contributed by atoms with Gasteiger partial charge >= 0.3 is 0 Å². The zero-order valence-corrected chi connectivity index (χ0v) is 11.6. The standard InChI is InChI=1S/C14H22N4O/c1-10(19)5-7-18(2)8-6-14-16-12-4-3-11(15)9-13(12)17-14/h3-4,9-10,19H,5-8,15H2,1-2H3,(H,16,17). The normalized spacial score (nSPS) is 13.3. The Morgan fingerprint density at radius 2 is 2.21 bits per heavy atom. The number of H-pyrrole nitrogens is 1. The van der Waals surface area contributed by atoms with Gasteiger partial charge in [0.15, 0.2) is 0 Å². The number of nitrogens with zero attached hydrogens (tertiary/aromatic N) is 2. The SMILES string of the molecule is CC(O)CCN(C)CCc1nc2ccc(N)cc2[nH]1. The number of aliphatic hydroxyl groups excluding tert-OH is 1. The summed E-state index contributed by atoms with van der Waals surface area (Å²) in [5.74, 6) is 0.976. The number of anilines is 1. The smallest absolute Gasteiger partial charge is 0.108 e. The van der Waals surface area contributed by atoms with E-state index in [2.05, 4.69) is 21.9 Å². The highest BCUT2D eigenvalue weighted by Crippen LogP contribution is 2.15. The van der Waals surface area contributed by atoms with E-state index in [-0.39, 0.29) is 6.10 Å². The number of hydrogen-bond donors (Lipinski definition) is 3. The van der Waals surface area contributed by atoms with Crippen molar-refractivity contribution in [2.24, 2.45) is 0 Å². The van der Waals surface area contributed by atoms with E-state index >= 15 is 0 Å². The molecule has 0 aliphatic heterocycles. The Morgan fingerprint density at radius 1 is 1.42 bits per heavy atom. The number of aliphatic hydroxyl groups is 1. The van der Waals surface area contributed by atoms with Gasteiger partial charge in [-0.3, -0.25) is 0 Å². The Hall–Kier alpha value is -1.59. The van der Waals surface area contributed by atoms with Crippen LogP contribution in [0.5, 0.6) is 0 Å². The highest BCUT2D eigenvalue weighted by atomic mass is 16.3. The van der Waals surface area contributed by atoms with E-state index in [1.165, 1.54) is 0 Å². The van der Waals surface area contributed by atoms with E-state index in [0.717, 1.165) is 48.5 Å². The van der Waals surface area contributed by atoms with Crippen LogP contribution in [0.25, 0.3) is 11.0 Å². The van der Waals surface area contributed by atoms with E-state index in [1.54, 1.807) is 0 Å². The minimum atomic E-state index is -0.239. The predicted molar refractivity (Wildman–Crippen MR) is 78.0 cm³/mol. The van der Waals surface area contributed by atoms with E-state index in [4.69, 9.17) is 5.73 Å². The average Bonchev–Trinajstić information content (AvgIpc) is 2.75. The van der Waals surface area contributed by atoms with Crippen LogP contribution >= 0.6 is 0 Å². The Bertz CT molecular complexity index is 535. The van der Waals surface area contributed by atoms with Crippen molar-refractivity contribution in [2.75, 3.05) is 25.9 Å². The van der Waals surface area contributed by atoms with Gasteiger partial charge in [0.05, 0.1) is 17.1 Å². The number of nitrogen functional groups attached to an aromatic ring is 1. The molecular weight excluding hydrogens is 240 g/mol. The van der Waals surface area contributed by atoms with Crippen molar-refractivity contribution in [3.8, 4) is 0 Å². The molecule has 0 fully saturated rings. The van der Waals surface area contributed by atoms with Crippen LogP contribution in [0.2, 0.25) is 0 Å². The summed E-state index contributed by atoms with van der Waals surface area (Å²) in [7, 11) is 2.06. The van der Waals surface area contributed by atoms with E-state index in [0.29, 0.717) is 0 Å². The summed E-state index contributed by atoms with van der Waals surface area (Å²) < 4.78 is 0. The molecule has 1 aromatic carbocycles. The Morgan fingerprint density at radius 3 is 2.95 bits per heavy atom. The molecule has 0 saturated heterocycles. The number of fused-ring (bicyclic) bond motifs is 1. The third-order valence-corrected chi connectivity index (χ3v) is 3.21. The fraction of sp³-hybridized carbons (Fsp3) is 0.500. The van der Waals surface area contributed by atoms with Crippen LogP contribution in [0.4, 0.5) is 5.69 Å². The minimum Gasteiger partial charge on any atom is -0.399 e. The first-order valence-electron chi connectivity index (χ1n) is 6.65. The molecule has 4 N–H and O–H groups in total. The molecular formula is C14H22N4O. The lowest BCUT2D eigenvalue weighted by atomic mass is 10.2. The topological polar surface area (TPSA) is 78.2 Å². The number of benzene rings is 1. The fourth-order valence-corrected chi connectivity index (χ4v) is 2.01. The number of imidazole rings is 1. The Balaban J connectivity index is 1.90. The molecule has 2 aromatic rings. The molecule has 0 radical (unpaired) electrons. The summed E-state index contributed by atoms with van der Waals surface area (Å²) in [5, 5.41) is 9.25. The maximum Gasteiger partial charge on any atom is 0.108 e. The molecule has 1 aromatic heterocycles. The van der Waals surface area contributed by atoms with Crippen LogP contribution in [-0.2, 0) is 6.42 Å². The number of aromatic amines is 1.